The molecule has 0 radical (unpaired) electrons. The second-order valence-electron chi connectivity index (χ2n) is 9.34. The van der Waals surface area contributed by atoms with E-state index in [-0.39, 0.29) is 0 Å². The summed E-state index contributed by atoms with van der Waals surface area (Å²) in [6.45, 7) is 10.6. The zero-order valence-electron chi connectivity index (χ0n) is 21.6. The molecule has 0 amide bonds. The van der Waals surface area contributed by atoms with Gasteiger partial charge in [0.15, 0.2) is 0 Å². The van der Waals surface area contributed by atoms with E-state index in [4.69, 9.17) is 5.26 Å². The molecular formula is C28H58N2. The van der Waals surface area contributed by atoms with Crippen molar-refractivity contribution < 1.29 is 0 Å². The predicted octanol–water partition coefficient (Wildman–Crippen LogP) is 9.58. The molecule has 0 aromatic carbocycles. The van der Waals surface area contributed by atoms with Gasteiger partial charge in [-0.2, -0.15) is 5.26 Å². The minimum atomic E-state index is 0.488. The summed E-state index contributed by atoms with van der Waals surface area (Å²) in [4.78, 5) is 0. The molecule has 0 saturated heterocycles. The second kappa shape index (κ2) is 30.6. The zero-order chi connectivity index (χ0) is 22.5. The normalized spacial score (nSPS) is 11.6. The lowest BCUT2D eigenvalue weighted by Crippen LogP contribution is -2.21. The van der Waals surface area contributed by atoms with E-state index in [1.54, 1.807) is 0 Å². The molecule has 2 heteroatoms. The van der Waals surface area contributed by atoms with E-state index in [1.807, 2.05) is 0 Å². The number of nitrogens with zero attached hydrogens (tertiary/aromatic N) is 1. The quantitative estimate of drug-likeness (QED) is 0.139. The molecule has 1 atom stereocenters. The Morgan fingerprint density at radius 1 is 0.567 bits per heavy atom. The van der Waals surface area contributed by atoms with Crippen LogP contribution in [0, 0.1) is 17.2 Å². The van der Waals surface area contributed by atoms with Crippen LogP contribution in [-0.4, -0.2) is 13.1 Å². The molecule has 0 aromatic heterocycles. The molecule has 0 spiro atoms. The molecule has 0 aliphatic heterocycles. The van der Waals surface area contributed by atoms with Crippen molar-refractivity contribution in [2.24, 2.45) is 5.92 Å². The maximum atomic E-state index is 8.42. The summed E-state index contributed by atoms with van der Waals surface area (Å²) in [6.07, 6.45) is 28.4. The van der Waals surface area contributed by atoms with Crippen molar-refractivity contribution in [1.29, 1.82) is 5.26 Å². The van der Waals surface area contributed by atoms with Crippen molar-refractivity contribution in [3.8, 4) is 6.07 Å². The van der Waals surface area contributed by atoms with Gasteiger partial charge in [0, 0.05) is 0 Å². The fraction of sp³-hybridized carbons (Fsp3) is 0.964. The van der Waals surface area contributed by atoms with Crippen LogP contribution in [0.15, 0.2) is 0 Å². The summed E-state index contributed by atoms with van der Waals surface area (Å²) < 4.78 is 0. The Hall–Kier alpha value is -0.550. The summed E-state index contributed by atoms with van der Waals surface area (Å²) in [5.74, 6) is 0.711. The summed E-state index contributed by atoms with van der Waals surface area (Å²) in [5.41, 5.74) is 0. The van der Waals surface area contributed by atoms with Crippen LogP contribution in [0.25, 0.3) is 0 Å². The van der Waals surface area contributed by atoms with E-state index in [1.165, 1.54) is 128 Å². The molecule has 0 aliphatic carbocycles. The summed E-state index contributed by atoms with van der Waals surface area (Å²) in [7, 11) is 0. The van der Waals surface area contributed by atoms with Gasteiger partial charge >= 0.3 is 0 Å². The number of unbranched alkanes of at least 4 members (excludes halogenated alkanes) is 17. The van der Waals surface area contributed by atoms with Gasteiger partial charge in [0.2, 0.25) is 0 Å². The van der Waals surface area contributed by atoms with Crippen molar-refractivity contribution in [1.82, 2.24) is 5.32 Å². The van der Waals surface area contributed by atoms with Gasteiger partial charge in [-0.3, -0.25) is 0 Å². The number of hydrogen-bond acceptors (Lipinski definition) is 2. The highest BCUT2D eigenvalue weighted by molar-refractivity contribution is 4.73. The third-order valence-corrected chi connectivity index (χ3v) is 5.95. The Kier molecular flexibility index (Phi) is 32.3. The van der Waals surface area contributed by atoms with E-state index < -0.39 is 0 Å². The van der Waals surface area contributed by atoms with Crippen molar-refractivity contribution in [2.45, 2.75) is 156 Å². The molecule has 0 rings (SSSR count). The van der Waals surface area contributed by atoms with Crippen LogP contribution in [0.4, 0.5) is 0 Å². The SMILES string of the molecule is CCCCCCCCCCCC.CCCCCCCCCCCC(C)CNCC#N. The molecule has 0 saturated carbocycles. The Bertz CT molecular complexity index is 311. The minimum Gasteiger partial charge on any atom is -0.304 e. The highest BCUT2D eigenvalue weighted by atomic mass is 14.8. The van der Waals surface area contributed by atoms with Crippen molar-refractivity contribution >= 4 is 0 Å². The number of nitriles is 1. The van der Waals surface area contributed by atoms with E-state index in [0.29, 0.717) is 12.5 Å². The topological polar surface area (TPSA) is 35.8 Å². The Labute approximate surface area is 192 Å². The first-order valence-electron chi connectivity index (χ1n) is 13.8. The van der Waals surface area contributed by atoms with Crippen molar-refractivity contribution in [2.75, 3.05) is 13.1 Å². The van der Waals surface area contributed by atoms with Gasteiger partial charge in [-0.25, -0.2) is 0 Å². The molecule has 30 heavy (non-hydrogen) atoms. The molecule has 1 unspecified atom stereocenters. The number of rotatable bonds is 22. The largest absolute Gasteiger partial charge is 0.304 e. The van der Waals surface area contributed by atoms with E-state index in [2.05, 4.69) is 39.1 Å². The monoisotopic (exact) mass is 422 g/mol. The predicted molar refractivity (Wildman–Crippen MR) is 137 cm³/mol. The highest BCUT2D eigenvalue weighted by Gasteiger charge is 2.01. The van der Waals surface area contributed by atoms with E-state index >= 15 is 0 Å². The molecule has 0 aromatic rings. The van der Waals surface area contributed by atoms with Crippen LogP contribution in [0.3, 0.4) is 0 Å². The number of nitrogens with one attached hydrogen (secondary N) is 1. The number of hydrogen-bond donors (Lipinski definition) is 1. The Morgan fingerprint density at radius 2 is 0.900 bits per heavy atom. The molecule has 0 aliphatic rings. The van der Waals surface area contributed by atoms with Gasteiger partial charge < -0.3 is 5.32 Å². The van der Waals surface area contributed by atoms with E-state index in [0.717, 1.165) is 6.54 Å². The van der Waals surface area contributed by atoms with Crippen LogP contribution >= 0.6 is 0 Å². The Morgan fingerprint density at radius 3 is 1.23 bits per heavy atom. The van der Waals surface area contributed by atoms with Crippen molar-refractivity contribution in [3.05, 3.63) is 0 Å². The lowest BCUT2D eigenvalue weighted by atomic mass is 10.0. The van der Waals surface area contributed by atoms with Gasteiger partial charge in [0.1, 0.15) is 0 Å². The summed E-state index contributed by atoms with van der Waals surface area (Å²) in [5, 5.41) is 11.6. The third-order valence-electron chi connectivity index (χ3n) is 5.95. The molecular weight excluding hydrogens is 364 g/mol. The standard InChI is InChI=1S/C16H32N2.C12H26/c1-3-4-5-6-7-8-9-10-11-12-16(2)15-18-14-13-17;1-3-5-7-9-11-12-10-8-6-4-2/h16,18H,3-12,14-15H2,1-2H3;3-12H2,1-2H3. The lowest BCUT2D eigenvalue weighted by Gasteiger charge is -2.10. The first-order valence-corrected chi connectivity index (χ1v) is 13.8. The zero-order valence-corrected chi connectivity index (χ0v) is 21.6. The minimum absolute atomic E-state index is 0.488. The molecule has 180 valence electrons. The van der Waals surface area contributed by atoms with Crippen LogP contribution in [-0.2, 0) is 0 Å². The van der Waals surface area contributed by atoms with E-state index in [9.17, 15) is 0 Å². The molecule has 0 heterocycles. The third kappa shape index (κ3) is 32.1. The second-order valence-corrected chi connectivity index (χ2v) is 9.34. The first-order chi connectivity index (χ1) is 14.7. The highest BCUT2D eigenvalue weighted by Crippen LogP contribution is 2.13. The smallest absolute Gasteiger partial charge is 0.0841 e. The van der Waals surface area contributed by atoms with Crippen LogP contribution in [0.5, 0.6) is 0 Å². The average molecular weight is 423 g/mol. The lowest BCUT2D eigenvalue weighted by molar-refractivity contribution is 0.459. The fourth-order valence-electron chi connectivity index (χ4n) is 3.84. The van der Waals surface area contributed by atoms with Crippen molar-refractivity contribution in [3.63, 3.8) is 0 Å². The van der Waals surface area contributed by atoms with Crippen LogP contribution < -0.4 is 5.32 Å². The molecule has 0 fully saturated rings. The summed E-state index contributed by atoms with van der Waals surface area (Å²) in [6, 6.07) is 2.12. The Balaban J connectivity index is 0. The van der Waals surface area contributed by atoms with Crippen LogP contribution in [0.1, 0.15) is 156 Å². The fourth-order valence-corrected chi connectivity index (χ4v) is 3.84. The average Bonchev–Trinajstić information content (AvgIpc) is 2.75. The molecule has 0 bridgehead atoms. The molecule has 1 N–H and O–H groups in total. The van der Waals surface area contributed by atoms with Gasteiger partial charge in [-0.05, 0) is 18.9 Å². The van der Waals surface area contributed by atoms with Gasteiger partial charge in [0.25, 0.3) is 0 Å². The van der Waals surface area contributed by atoms with Gasteiger partial charge in [-0.1, -0.05) is 150 Å². The first kappa shape index (κ1) is 31.6. The van der Waals surface area contributed by atoms with Gasteiger partial charge in [0.05, 0.1) is 12.6 Å². The maximum absolute atomic E-state index is 8.42. The van der Waals surface area contributed by atoms with Crippen LogP contribution in [0.2, 0.25) is 0 Å². The molecule has 2 nitrogen and oxygen atoms in total. The summed E-state index contributed by atoms with van der Waals surface area (Å²) >= 11 is 0. The van der Waals surface area contributed by atoms with Gasteiger partial charge in [-0.15, -0.1) is 0 Å². The maximum Gasteiger partial charge on any atom is 0.0841 e.